The summed E-state index contributed by atoms with van der Waals surface area (Å²) in [6.07, 6.45) is 4.16. The van der Waals surface area contributed by atoms with Gasteiger partial charge in [0.25, 0.3) is 0 Å². The molecule has 114 valence electrons. The Morgan fingerprint density at radius 1 is 1.20 bits per heavy atom. The lowest BCUT2D eigenvalue weighted by atomic mass is 9.88. The SMILES string of the molecule is C=CC(=O)NCCCOCC(C)(CC)CNC(=O)C=C. The molecule has 0 saturated carbocycles. The fourth-order valence-corrected chi connectivity index (χ4v) is 1.43. The second kappa shape index (κ2) is 10.2. The predicted molar refractivity (Wildman–Crippen MR) is 80.2 cm³/mol. The Bertz CT molecular complexity index is 342. The molecule has 2 amide bonds. The Morgan fingerprint density at radius 2 is 1.80 bits per heavy atom. The molecule has 5 nitrogen and oxygen atoms in total. The summed E-state index contributed by atoms with van der Waals surface area (Å²) in [6.45, 7) is 13.2. The van der Waals surface area contributed by atoms with Crippen molar-refractivity contribution in [3.63, 3.8) is 0 Å². The topological polar surface area (TPSA) is 67.4 Å². The van der Waals surface area contributed by atoms with Gasteiger partial charge in [0.2, 0.25) is 11.8 Å². The van der Waals surface area contributed by atoms with Gasteiger partial charge < -0.3 is 15.4 Å². The summed E-state index contributed by atoms with van der Waals surface area (Å²) in [4.78, 5) is 22.1. The molecule has 0 spiro atoms. The molecule has 0 heterocycles. The van der Waals surface area contributed by atoms with Crippen molar-refractivity contribution in [2.45, 2.75) is 26.7 Å². The molecule has 1 atom stereocenters. The zero-order chi connectivity index (χ0) is 15.4. The highest BCUT2D eigenvalue weighted by Crippen LogP contribution is 2.20. The number of carbonyl (C=O) groups excluding carboxylic acids is 2. The van der Waals surface area contributed by atoms with E-state index in [1.807, 2.05) is 0 Å². The summed E-state index contributed by atoms with van der Waals surface area (Å²) in [5.74, 6) is -0.340. The lowest BCUT2D eigenvalue weighted by molar-refractivity contribution is -0.117. The normalized spacial score (nSPS) is 13.1. The molecule has 1 unspecified atom stereocenters. The molecule has 0 radical (unpaired) electrons. The first-order valence-corrected chi connectivity index (χ1v) is 6.85. The van der Waals surface area contributed by atoms with Crippen LogP contribution in [-0.4, -0.2) is 38.1 Å². The molecule has 20 heavy (non-hydrogen) atoms. The Kier molecular flexibility index (Phi) is 9.38. The first-order chi connectivity index (χ1) is 9.47. The van der Waals surface area contributed by atoms with Crippen LogP contribution in [0.2, 0.25) is 0 Å². The van der Waals surface area contributed by atoms with E-state index in [1.54, 1.807) is 0 Å². The van der Waals surface area contributed by atoms with Crippen molar-refractivity contribution in [3.8, 4) is 0 Å². The van der Waals surface area contributed by atoms with Crippen molar-refractivity contribution in [2.75, 3.05) is 26.3 Å². The zero-order valence-electron chi connectivity index (χ0n) is 12.5. The molecule has 5 heteroatoms. The van der Waals surface area contributed by atoms with Crippen LogP contribution in [0.1, 0.15) is 26.7 Å². The fourth-order valence-electron chi connectivity index (χ4n) is 1.43. The standard InChI is InChI=1S/C15H26N2O3/c1-5-13(18)16-9-8-10-20-12-15(4,7-3)11-17-14(19)6-2/h5-6H,1-2,7-12H2,3-4H3,(H,16,18)(H,17,19). The van der Waals surface area contributed by atoms with E-state index in [2.05, 4.69) is 37.6 Å². The number of amides is 2. The van der Waals surface area contributed by atoms with Crippen LogP contribution in [0.25, 0.3) is 0 Å². The minimum atomic E-state index is -0.171. The molecule has 0 saturated heterocycles. The van der Waals surface area contributed by atoms with Crippen LogP contribution < -0.4 is 10.6 Å². The second-order valence-electron chi connectivity index (χ2n) is 4.99. The molecule has 0 fully saturated rings. The maximum Gasteiger partial charge on any atom is 0.243 e. The summed E-state index contributed by atoms with van der Waals surface area (Å²) in [5.41, 5.74) is -0.0942. The van der Waals surface area contributed by atoms with Crippen molar-refractivity contribution in [1.29, 1.82) is 0 Å². The predicted octanol–water partition coefficient (Wildman–Crippen LogP) is 1.41. The Morgan fingerprint density at radius 3 is 2.35 bits per heavy atom. The van der Waals surface area contributed by atoms with Crippen LogP contribution >= 0.6 is 0 Å². The van der Waals surface area contributed by atoms with Gasteiger partial charge in [-0.2, -0.15) is 0 Å². The Labute approximate surface area is 121 Å². The summed E-state index contributed by atoms with van der Waals surface area (Å²) in [6, 6.07) is 0. The van der Waals surface area contributed by atoms with Crippen molar-refractivity contribution in [2.24, 2.45) is 5.41 Å². The van der Waals surface area contributed by atoms with Crippen LogP contribution in [0, 0.1) is 5.41 Å². The van der Waals surface area contributed by atoms with Gasteiger partial charge in [-0.05, 0) is 25.0 Å². The molecular formula is C15H26N2O3. The average molecular weight is 282 g/mol. The number of ether oxygens (including phenoxy) is 1. The molecular weight excluding hydrogens is 256 g/mol. The van der Waals surface area contributed by atoms with Gasteiger partial charge in [0, 0.05) is 25.1 Å². The highest BCUT2D eigenvalue weighted by molar-refractivity contribution is 5.87. The number of hydrogen-bond acceptors (Lipinski definition) is 3. The van der Waals surface area contributed by atoms with Crippen molar-refractivity contribution in [3.05, 3.63) is 25.3 Å². The fraction of sp³-hybridized carbons (Fsp3) is 0.600. The molecule has 0 aromatic rings. The third-order valence-electron chi connectivity index (χ3n) is 3.13. The van der Waals surface area contributed by atoms with Gasteiger partial charge in [0.1, 0.15) is 0 Å². The van der Waals surface area contributed by atoms with E-state index in [1.165, 1.54) is 12.2 Å². The summed E-state index contributed by atoms with van der Waals surface area (Å²) < 4.78 is 5.62. The largest absolute Gasteiger partial charge is 0.381 e. The van der Waals surface area contributed by atoms with E-state index >= 15 is 0 Å². The van der Waals surface area contributed by atoms with Gasteiger partial charge in [-0.25, -0.2) is 0 Å². The maximum atomic E-state index is 11.2. The number of hydrogen-bond donors (Lipinski definition) is 2. The maximum absolute atomic E-state index is 11.2. The van der Waals surface area contributed by atoms with E-state index in [-0.39, 0.29) is 17.2 Å². The van der Waals surface area contributed by atoms with Gasteiger partial charge in [-0.1, -0.05) is 27.0 Å². The third kappa shape index (κ3) is 8.48. The van der Waals surface area contributed by atoms with E-state index in [0.717, 1.165) is 12.8 Å². The van der Waals surface area contributed by atoms with Crippen LogP contribution in [0.3, 0.4) is 0 Å². The molecule has 0 bridgehead atoms. The first kappa shape index (κ1) is 18.4. The van der Waals surface area contributed by atoms with E-state index in [4.69, 9.17) is 4.74 Å². The lowest BCUT2D eigenvalue weighted by Crippen LogP contribution is -2.37. The lowest BCUT2D eigenvalue weighted by Gasteiger charge is -2.28. The number of nitrogens with one attached hydrogen (secondary N) is 2. The van der Waals surface area contributed by atoms with E-state index in [9.17, 15) is 9.59 Å². The monoisotopic (exact) mass is 282 g/mol. The summed E-state index contributed by atoms with van der Waals surface area (Å²) in [7, 11) is 0. The van der Waals surface area contributed by atoms with Gasteiger partial charge in [-0.15, -0.1) is 0 Å². The molecule has 2 N–H and O–H groups in total. The summed E-state index contributed by atoms with van der Waals surface area (Å²) >= 11 is 0. The highest BCUT2D eigenvalue weighted by atomic mass is 16.5. The molecule has 0 aliphatic heterocycles. The molecule has 0 rings (SSSR count). The Balaban J connectivity index is 3.82. The second-order valence-corrected chi connectivity index (χ2v) is 4.99. The zero-order valence-corrected chi connectivity index (χ0v) is 12.5. The van der Waals surface area contributed by atoms with Gasteiger partial charge in [0.05, 0.1) is 6.61 Å². The molecule has 0 aliphatic rings. The first-order valence-electron chi connectivity index (χ1n) is 6.85. The third-order valence-corrected chi connectivity index (χ3v) is 3.13. The van der Waals surface area contributed by atoms with Crippen LogP contribution in [-0.2, 0) is 14.3 Å². The number of carbonyl (C=O) groups is 2. The van der Waals surface area contributed by atoms with Crippen LogP contribution in [0.4, 0.5) is 0 Å². The van der Waals surface area contributed by atoms with Crippen molar-refractivity contribution in [1.82, 2.24) is 10.6 Å². The summed E-state index contributed by atoms with van der Waals surface area (Å²) in [5, 5.41) is 5.48. The number of rotatable bonds is 11. The average Bonchev–Trinajstić information content (AvgIpc) is 2.47. The quantitative estimate of drug-likeness (QED) is 0.445. The molecule has 0 aromatic carbocycles. The van der Waals surface area contributed by atoms with Crippen LogP contribution in [0.15, 0.2) is 25.3 Å². The van der Waals surface area contributed by atoms with Crippen molar-refractivity contribution < 1.29 is 14.3 Å². The molecule has 0 aromatic heterocycles. The van der Waals surface area contributed by atoms with Gasteiger partial charge in [0.15, 0.2) is 0 Å². The van der Waals surface area contributed by atoms with E-state index < -0.39 is 0 Å². The van der Waals surface area contributed by atoms with Gasteiger partial charge >= 0.3 is 0 Å². The minimum absolute atomic E-state index is 0.0942. The molecule has 0 aliphatic carbocycles. The minimum Gasteiger partial charge on any atom is -0.381 e. The van der Waals surface area contributed by atoms with Crippen molar-refractivity contribution >= 4 is 11.8 Å². The Hall–Kier alpha value is -1.62. The highest BCUT2D eigenvalue weighted by Gasteiger charge is 2.22. The van der Waals surface area contributed by atoms with E-state index in [0.29, 0.717) is 26.3 Å². The van der Waals surface area contributed by atoms with Gasteiger partial charge in [-0.3, -0.25) is 9.59 Å². The smallest absolute Gasteiger partial charge is 0.243 e. The van der Waals surface area contributed by atoms with Crippen LogP contribution in [0.5, 0.6) is 0 Å².